The van der Waals surface area contributed by atoms with Gasteiger partial charge in [-0.05, 0) is 74.9 Å². The van der Waals surface area contributed by atoms with Crippen LogP contribution in [0.15, 0.2) is 48.7 Å². The Morgan fingerprint density at radius 3 is 2.63 bits per heavy atom. The van der Waals surface area contributed by atoms with E-state index in [1.54, 1.807) is 46.2 Å². The van der Waals surface area contributed by atoms with Gasteiger partial charge in [-0.25, -0.2) is 0 Å². The van der Waals surface area contributed by atoms with Crippen LogP contribution in [0.5, 0.6) is 11.6 Å². The normalized spacial score (nSPS) is 14.0. The molecule has 0 saturated heterocycles. The van der Waals surface area contributed by atoms with E-state index in [4.69, 9.17) is 19.4 Å². The molecule has 0 atom stereocenters. The maximum absolute atomic E-state index is 12.1. The Morgan fingerprint density at radius 1 is 1.13 bits per heavy atom. The lowest BCUT2D eigenvalue weighted by atomic mass is 9.94. The van der Waals surface area contributed by atoms with Crippen molar-refractivity contribution in [3.8, 4) is 22.8 Å². The van der Waals surface area contributed by atoms with E-state index in [0.29, 0.717) is 34.5 Å². The summed E-state index contributed by atoms with van der Waals surface area (Å²) in [5.41, 5.74) is 3.41. The Balaban J connectivity index is 1.57. The number of aromatic amines is 1. The average Bonchev–Trinajstić information content (AvgIpc) is 3.58. The lowest BCUT2D eigenvalue weighted by Gasteiger charge is -2.19. The fraction of sp³-hybridized carbons (Fsp3) is 0.345. The maximum Gasteiger partial charge on any atom is 0.251 e. The van der Waals surface area contributed by atoms with E-state index in [9.17, 15) is 9.90 Å². The van der Waals surface area contributed by atoms with Gasteiger partial charge in [0.1, 0.15) is 17.5 Å². The molecule has 38 heavy (non-hydrogen) atoms. The summed E-state index contributed by atoms with van der Waals surface area (Å²) in [5.74, 6) is 1.13. The van der Waals surface area contributed by atoms with Crippen LogP contribution in [0.4, 0.5) is 11.6 Å². The first kappa shape index (κ1) is 25.5. The molecule has 1 fully saturated rings. The second-order valence-electron chi connectivity index (χ2n) is 10.1. The first-order valence-electron chi connectivity index (χ1n) is 12.8. The second-order valence-corrected chi connectivity index (χ2v) is 10.1. The zero-order chi connectivity index (χ0) is 26.9. The van der Waals surface area contributed by atoms with Crippen molar-refractivity contribution in [2.45, 2.75) is 51.2 Å². The first-order chi connectivity index (χ1) is 18.3. The molecule has 1 aliphatic rings. The van der Waals surface area contributed by atoms with Crippen LogP contribution in [0.2, 0.25) is 0 Å². The maximum atomic E-state index is 12.1. The summed E-state index contributed by atoms with van der Waals surface area (Å²) in [6, 6.07) is 13.0. The van der Waals surface area contributed by atoms with Gasteiger partial charge in [0.05, 0.1) is 23.8 Å². The summed E-state index contributed by atoms with van der Waals surface area (Å²) >= 11 is 0. The minimum absolute atomic E-state index is 0.0905. The van der Waals surface area contributed by atoms with Gasteiger partial charge in [0.2, 0.25) is 11.8 Å². The van der Waals surface area contributed by atoms with Crippen molar-refractivity contribution in [2.75, 3.05) is 19.5 Å². The summed E-state index contributed by atoms with van der Waals surface area (Å²) in [5, 5.41) is 17.2. The van der Waals surface area contributed by atoms with E-state index < -0.39 is 5.60 Å². The molecule has 2 aromatic heterocycles. The summed E-state index contributed by atoms with van der Waals surface area (Å²) in [7, 11) is 3.13. The standard InChI is InChI=1S/C29H33N5O4/c1-29(2,36)19-9-7-8-17(14-19)21-16-31-25-24(21)27(38-20-10-5-6-11-20)34-28(33-25)32-22-13-12-18(26(35)30-3)15-23(22)37-4/h7-9,12-16,20,36H,5-6,10-11H2,1-4H3,(H,30,35)(H2,31,32,33,34). The number of rotatable bonds is 8. The van der Waals surface area contributed by atoms with Crippen LogP contribution in [0.3, 0.4) is 0 Å². The molecule has 198 valence electrons. The molecule has 0 spiro atoms. The lowest BCUT2D eigenvalue weighted by Crippen LogP contribution is -2.17. The lowest BCUT2D eigenvalue weighted by molar-refractivity contribution is 0.0786. The molecular formula is C29H33N5O4. The van der Waals surface area contributed by atoms with E-state index in [1.807, 2.05) is 30.5 Å². The fourth-order valence-electron chi connectivity index (χ4n) is 4.80. The second kappa shape index (κ2) is 10.3. The average molecular weight is 516 g/mol. The van der Waals surface area contributed by atoms with Crippen LogP contribution in [0.1, 0.15) is 55.5 Å². The number of carbonyl (C=O) groups is 1. The number of carbonyl (C=O) groups excluding carboxylic acids is 1. The van der Waals surface area contributed by atoms with Gasteiger partial charge in [-0.15, -0.1) is 0 Å². The van der Waals surface area contributed by atoms with E-state index in [0.717, 1.165) is 47.8 Å². The largest absolute Gasteiger partial charge is 0.495 e. The Morgan fingerprint density at radius 2 is 1.92 bits per heavy atom. The van der Waals surface area contributed by atoms with E-state index >= 15 is 0 Å². The number of aromatic nitrogens is 3. The van der Waals surface area contributed by atoms with Crippen molar-refractivity contribution in [3.05, 3.63) is 59.8 Å². The van der Waals surface area contributed by atoms with Crippen molar-refractivity contribution in [1.82, 2.24) is 20.3 Å². The van der Waals surface area contributed by atoms with Gasteiger partial charge >= 0.3 is 0 Å². The highest BCUT2D eigenvalue weighted by atomic mass is 16.5. The van der Waals surface area contributed by atoms with Crippen LogP contribution in [-0.4, -0.2) is 46.2 Å². The quantitative estimate of drug-likeness (QED) is 0.252. The predicted molar refractivity (Wildman–Crippen MR) is 147 cm³/mol. The predicted octanol–water partition coefficient (Wildman–Crippen LogP) is 5.29. The van der Waals surface area contributed by atoms with Crippen molar-refractivity contribution >= 4 is 28.6 Å². The molecule has 1 aliphatic carbocycles. The fourth-order valence-corrected chi connectivity index (χ4v) is 4.80. The van der Waals surface area contributed by atoms with E-state index in [1.165, 1.54) is 0 Å². The van der Waals surface area contributed by atoms with E-state index in [-0.39, 0.29) is 12.0 Å². The summed E-state index contributed by atoms with van der Waals surface area (Å²) in [6.45, 7) is 3.54. The molecule has 0 radical (unpaired) electrons. The molecule has 0 aliphatic heterocycles. The van der Waals surface area contributed by atoms with Crippen LogP contribution >= 0.6 is 0 Å². The number of aliphatic hydroxyl groups is 1. The number of H-pyrrole nitrogens is 1. The molecule has 1 amide bonds. The highest BCUT2D eigenvalue weighted by Gasteiger charge is 2.24. The summed E-state index contributed by atoms with van der Waals surface area (Å²) in [6.07, 6.45) is 6.22. The number of amides is 1. The smallest absolute Gasteiger partial charge is 0.251 e. The number of nitrogens with zero attached hydrogens (tertiary/aromatic N) is 2. The van der Waals surface area contributed by atoms with Crippen LogP contribution < -0.4 is 20.1 Å². The van der Waals surface area contributed by atoms with E-state index in [2.05, 4.69) is 15.6 Å². The summed E-state index contributed by atoms with van der Waals surface area (Å²) < 4.78 is 12.0. The monoisotopic (exact) mass is 515 g/mol. The minimum Gasteiger partial charge on any atom is -0.495 e. The van der Waals surface area contributed by atoms with Gasteiger partial charge in [-0.3, -0.25) is 4.79 Å². The highest BCUT2D eigenvalue weighted by Crippen LogP contribution is 2.38. The molecular weight excluding hydrogens is 482 g/mol. The van der Waals surface area contributed by atoms with Crippen molar-refractivity contribution in [2.24, 2.45) is 0 Å². The molecule has 2 aromatic carbocycles. The highest BCUT2D eigenvalue weighted by molar-refractivity contribution is 5.98. The van der Waals surface area contributed by atoms with Crippen LogP contribution in [-0.2, 0) is 5.60 Å². The van der Waals surface area contributed by atoms with Gasteiger partial charge in [0, 0.05) is 24.4 Å². The Hall–Kier alpha value is -4.11. The van der Waals surface area contributed by atoms with Gasteiger partial charge < -0.3 is 30.2 Å². The van der Waals surface area contributed by atoms with Crippen molar-refractivity contribution < 1.29 is 19.4 Å². The third-order valence-electron chi connectivity index (χ3n) is 6.90. The van der Waals surface area contributed by atoms with Crippen LogP contribution in [0.25, 0.3) is 22.2 Å². The van der Waals surface area contributed by atoms with Crippen molar-refractivity contribution in [3.63, 3.8) is 0 Å². The number of hydrogen-bond acceptors (Lipinski definition) is 7. The third kappa shape index (κ3) is 5.15. The molecule has 4 aromatic rings. The number of ether oxygens (including phenoxy) is 2. The number of nitrogens with one attached hydrogen (secondary N) is 3. The molecule has 0 unspecified atom stereocenters. The number of anilines is 2. The molecule has 9 nitrogen and oxygen atoms in total. The molecule has 4 N–H and O–H groups in total. The Kier molecular flexibility index (Phi) is 6.94. The number of hydrogen-bond donors (Lipinski definition) is 4. The van der Waals surface area contributed by atoms with Crippen molar-refractivity contribution in [1.29, 1.82) is 0 Å². The van der Waals surface area contributed by atoms with Gasteiger partial charge in [-0.2, -0.15) is 9.97 Å². The zero-order valence-electron chi connectivity index (χ0n) is 22.1. The van der Waals surface area contributed by atoms with Gasteiger partial charge in [0.15, 0.2) is 0 Å². The molecule has 5 rings (SSSR count). The zero-order valence-corrected chi connectivity index (χ0v) is 22.1. The van der Waals surface area contributed by atoms with Gasteiger partial charge in [-0.1, -0.05) is 18.2 Å². The molecule has 2 heterocycles. The summed E-state index contributed by atoms with van der Waals surface area (Å²) in [4.78, 5) is 24.9. The third-order valence-corrected chi connectivity index (χ3v) is 6.90. The SMILES string of the molecule is CNC(=O)c1ccc(Nc2nc(OC3CCCC3)c3c(-c4cccc(C(C)(C)O)c4)c[nH]c3n2)c(OC)c1. The first-order valence-corrected chi connectivity index (χ1v) is 12.8. The number of fused-ring (bicyclic) bond motifs is 1. The minimum atomic E-state index is -0.967. The molecule has 9 heteroatoms. The Labute approximate surface area is 221 Å². The van der Waals surface area contributed by atoms with Gasteiger partial charge in [0.25, 0.3) is 5.91 Å². The van der Waals surface area contributed by atoms with Crippen LogP contribution in [0, 0.1) is 0 Å². The number of methoxy groups -OCH3 is 1. The Bertz CT molecular complexity index is 1470. The molecule has 1 saturated carbocycles. The number of benzene rings is 2. The topological polar surface area (TPSA) is 121 Å². The molecule has 0 bridgehead atoms.